The highest BCUT2D eigenvalue weighted by atomic mass is 16.5. The molecule has 0 fully saturated rings. The van der Waals surface area contributed by atoms with E-state index in [-0.39, 0.29) is 29.6 Å². The zero-order valence-electron chi connectivity index (χ0n) is 14.7. The van der Waals surface area contributed by atoms with Crippen molar-refractivity contribution in [3.8, 4) is 17.2 Å². The van der Waals surface area contributed by atoms with E-state index in [1.807, 2.05) is 57.2 Å². The van der Waals surface area contributed by atoms with Crippen LogP contribution in [-0.2, 0) is 0 Å². The minimum absolute atomic E-state index is 0.0932. The lowest BCUT2D eigenvalue weighted by atomic mass is 9.93. The molecular weight excluding hydrogens is 316 g/mol. The minimum Gasteiger partial charge on any atom is -0.507 e. The van der Waals surface area contributed by atoms with Crippen LogP contribution in [0.15, 0.2) is 48.0 Å². The minimum atomic E-state index is -0.354. The van der Waals surface area contributed by atoms with Gasteiger partial charge in [0.05, 0.1) is 6.42 Å². The maximum atomic E-state index is 12.6. The summed E-state index contributed by atoms with van der Waals surface area (Å²) in [7, 11) is 0. The van der Waals surface area contributed by atoms with Crippen molar-refractivity contribution in [2.75, 3.05) is 6.61 Å². The van der Waals surface area contributed by atoms with Crippen molar-refractivity contribution in [3.05, 3.63) is 64.7 Å². The molecule has 0 amide bonds. The van der Waals surface area contributed by atoms with E-state index in [0.29, 0.717) is 18.1 Å². The van der Waals surface area contributed by atoms with Crippen LogP contribution in [0.3, 0.4) is 0 Å². The van der Waals surface area contributed by atoms with Gasteiger partial charge in [-0.1, -0.05) is 35.9 Å². The molecule has 2 aromatic carbocycles. The van der Waals surface area contributed by atoms with Gasteiger partial charge >= 0.3 is 0 Å². The maximum absolute atomic E-state index is 12.6. The Bertz CT molecular complexity index is 818. The number of fused-ring (bicyclic) bond motifs is 1. The molecule has 1 N–H and O–H groups in total. The third kappa shape index (κ3) is 3.53. The number of ether oxygens (including phenoxy) is 2. The Labute approximate surface area is 147 Å². The summed E-state index contributed by atoms with van der Waals surface area (Å²) >= 11 is 0. The van der Waals surface area contributed by atoms with Crippen LogP contribution in [0, 0.1) is 6.92 Å². The molecule has 4 heteroatoms. The van der Waals surface area contributed by atoms with E-state index >= 15 is 0 Å². The Morgan fingerprint density at radius 3 is 2.72 bits per heavy atom. The molecule has 0 spiro atoms. The number of phenols is 1. The molecule has 130 valence electrons. The van der Waals surface area contributed by atoms with Crippen LogP contribution in [0.2, 0.25) is 0 Å². The van der Waals surface area contributed by atoms with E-state index in [9.17, 15) is 9.90 Å². The quantitative estimate of drug-likeness (QED) is 0.817. The van der Waals surface area contributed by atoms with Gasteiger partial charge in [0, 0.05) is 11.6 Å². The van der Waals surface area contributed by atoms with Gasteiger partial charge in [-0.25, -0.2) is 0 Å². The average molecular weight is 338 g/mol. The highest BCUT2D eigenvalue weighted by Gasteiger charge is 2.32. The summed E-state index contributed by atoms with van der Waals surface area (Å²) < 4.78 is 11.8. The largest absolute Gasteiger partial charge is 0.507 e. The molecule has 25 heavy (non-hydrogen) atoms. The number of phenolic OH excluding ortho intramolecular Hbond substituents is 1. The second kappa shape index (κ2) is 7.01. The third-order valence-corrected chi connectivity index (χ3v) is 4.27. The summed E-state index contributed by atoms with van der Waals surface area (Å²) in [4.78, 5) is 12.6. The maximum Gasteiger partial charge on any atom is 0.174 e. The molecule has 1 atom stereocenters. The zero-order valence-corrected chi connectivity index (χ0v) is 14.7. The number of rotatable bonds is 4. The van der Waals surface area contributed by atoms with E-state index in [1.54, 1.807) is 0 Å². The smallest absolute Gasteiger partial charge is 0.174 e. The van der Waals surface area contributed by atoms with E-state index in [4.69, 9.17) is 9.47 Å². The van der Waals surface area contributed by atoms with Crippen molar-refractivity contribution in [3.63, 3.8) is 0 Å². The Morgan fingerprint density at radius 2 is 2.04 bits per heavy atom. The second-order valence-electron chi connectivity index (χ2n) is 6.46. The van der Waals surface area contributed by atoms with Crippen LogP contribution >= 0.6 is 0 Å². The molecule has 1 unspecified atom stereocenters. The summed E-state index contributed by atoms with van der Waals surface area (Å²) in [6.45, 7) is 6.23. The number of hydrogen-bond acceptors (Lipinski definition) is 4. The summed E-state index contributed by atoms with van der Waals surface area (Å²) in [5.41, 5.74) is 3.06. The number of carbonyl (C=O) groups is 1. The first-order valence-corrected chi connectivity index (χ1v) is 8.35. The fraction of sp³-hybridized carbons (Fsp3) is 0.286. The number of Topliss-reactive ketones (excluding diaryl/α,β-unsaturated/α-hetero) is 1. The molecule has 0 bridgehead atoms. The van der Waals surface area contributed by atoms with Crippen molar-refractivity contribution in [1.29, 1.82) is 0 Å². The Hall–Kier alpha value is -2.75. The lowest BCUT2D eigenvalue weighted by molar-refractivity contribution is 0.0842. The predicted molar refractivity (Wildman–Crippen MR) is 96.5 cm³/mol. The first kappa shape index (κ1) is 17.1. The van der Waals surface area contributed by atoms with Gasteiger partial charge in [0.1, 0.15) is 35.5 Å². The fourth-order valence-corrected chi connectivity index (χ4v) is 2.89. The number of allylic oxidation sites excluding steroid dienone is 1. The van der Waals surface area contributed by atoms with Crippen molar-refractivity contribution >= 4 is 5.78 Å². The van der Waals surface area contributed by atoms with Crippen LogP contribution < -0.4 is 9.47 Å². The van der Waals surface area contributed by atoms with E-state index in [2.05, 4.69) is 0 Å². The monoisotopic (exact) mass is 338 g/mol. The summed E-state index contributed by atoms with van der Waals surface area (Å²) in [6, 6.07) is 11.1. The van der Waals surface area contributed by atoms with Gasteiger partial charge in [-0.2, -0.15) is 0 Å². The number of carbonyl (C=O) groups excluding carboxylic acids is 1. The molecule has 2 aromatic rings. The van der Waals surface area contributed by atoms with Gasteiger partial charge in [0.15, 0.2) is 5.78 Å². The molecule has 0 saturated carbocycles. The van der Waals surface area contributed by atoms with Crippen LogP contribution in [0.25, 0.3) is 0 Å². The van der Waals surface area contributed by atoms with Crippen LogP contribution in [0.1, 0.15) is 47.9 Å². The Kier molecular flexibility index (Phi) is 4.79. The van der Waals surface area contributed by atoms with E-state index in [0.717, 1.165) is 16.7 Å². The molecule has 0 radical (unpaired) electrons. The first-order valence-electron chi connectivity index (χ1n) is 8.35. The van der Waals surface area contributed by atoms with Crippen LogP contribution in [-0.4, -0.2) is 17.5 Å². The Balaban J connectivity index is 1.96. The molecule has 3 rings (SSSR count). The van der Waals surface area contributed by atoms with Crippen molar-refractivity contribution in [2.45, 2.75) is 33.3 Å². The van der Waals surface area contributed by atoms with Gasteiger partial charge in [0.25, 0.3) is 0 Å². The van der Waals surface area contributed by atoms with Gasteiger partial charge in [-0.05, 0) is 32.4 Å². The number of ketones is 1. The second-order valence-corrected chi connectivity index (χ2v) is 6.46. The molecular formula is C21H22O4. The molecule has 4 nitrogen and oxygen atoms in total. The van der Waals surface area contributed by atoms with Gasteiger partial charge < -0.3 is 14.6 Å². The molecule has 0 aliphatic carbocycles. The summed E-state index contributed by atoms with van der Waals surface area (Å²) in [6.07, 6.45) is 1.81. The van der Waals surface area contributed by atoms with Crippen LogP contribution in [0.4, 0.5) is 0 Å². The third-order valence-electron chi connectivity index (χ3n) is 4.27. The highest BCUT2D eigenvalue weighted by molar-refractivity contribution is 6.03. The van der Waals surface area contributed by atoms with Crippen molar-refractivity contribution < 1.29 is 19.4 Å². The SMILES string of the molecule is CC(C)=CCOc1cc(O)c2c(c1C)OC(c1ccccc1)CC2=O. The number of hydrogen-bond donors (Lipinski definition) is 1. The molecule has 1 aliphatic heterocycles. The van der Waals surface area contributed by atoms with Gasteiger partial charge in [0.2, 0.25) is 0 Å². The normalized spacial score (nSPS) is 16.0. The highest BCUT2D eigenvalue weighted by Crippen LogP contribution is 2.45. The molecule has 0 saturated heterocycles. The lowest BCUT2D eigenvalue weighted by Crippen LogP contribution is -2.21. The van der Waals surface area contributed by atoms with Gasteiger partial charge in [-0.15, -0.1) is 0 Å². The Morgan fingerprint density at radius 1 is 1.32 bits per heavy atom. The van der Waals surface area contributed by atoms with E-state index < -0.39 is 0 Å². The number of benzene rings is 2. The first-order chi connectivity index (χ1) is 12.0. The fourth-order valence-electron chi connectivity index (χ4n) is 2.89. The van der Waals surface area contributed by atoms with Gasteiger partial charge in [-0.3, -0.25) is 4.79 Å². The average Bonchev–Trinajstić information content (AvgIpc) is 2.59. The van der Waals surface area contributed by atoms with Crippen molar-refractivity contribution in [1.82, 2.24) is 0 Å². The van der Waals surface area contributed by atoms with Crippen LogP contribution in [0.5, 0.6) is 17.2 Å². The summed E-state index contributed by atoms with van der Waals surface area (Å²) in [5.74, 6) is 0.725. The lowest BCUT2D eigenvalue weighted by Gasteiger charge is -2.28. The number of aromatic hydroxyl groups is 1. The molecule has 0 aromatic heterocycles. The topological polar surface area (TPSA) is 55.8 Å². The van der Waals surface area contributed by atoms with E-state index in [1.165, 1.54) is 6.07 Å². The molecule has 1 heterocycles. The molecule has 1 aliphatic rings. The standard InChI is InChI=1S/C21H22O4/c1-13(2)9-10-24-18-11-16(22)20-17(23)12-19(25-21(20)14(18)3)15-7-5-4-6-8-15/h4-9,11,19,22H,10,12H2,1-3H3. The zero-order chi connectivity index (χ0) is 18.0. The predicted octanol–water partition coefficient (Wildman–Crippen LogP) is 4.75. The van der Waals surface area contributed by atoms with Crippen molar-refractivity contribution in [2.24, 2.45) is 0 Å². The summed E-state index contributed by atoms with van der Waals surface area (Å²) in [5, 5.41) is 10.3.